The molecule has 2 atom stereocenters. The molecule has 8 nitrogen and oxygen atoms in total. The van der Waals surface area contributed by atoms with Crippen molar-refractivity contribution >= 4 is 35.2 Å². The number of esters is 2. The Morgan fingerprint density at radius 1 is 0.521 bits per heavy atom. The quantitative estimate of drug-likeness (QED) is 0.0891. The van der Waals surface area contributed by atoms with Gasteiger partial charge in [-0.3, -0.25) is 14.4 Å². The lowest BCUT2D eigenvalue weighted by Gasteiger charge is -2.45. The van der Waals surface area contributed by atoms with Crippen molar-refractivity contribution in [2.75, 3.05) is 11.5 Å². The molecule has 5 aromatic rings. The number of carbonyl (C=O) groups excluding carboxylic acids is 5. The molecule has 5 aromatic carbocycles. The summed E-state index contributed by atoms with van der Waals surface area (Å²) in [4.78, 5) is 67.0. The summed E-state index contributed by atoms with van der Waals surface area (Å²) in [6.45, 7) is -0.500. The molecular formula is C40H27NO7. The zero-order valence-corrected chi connectivity index (χ0v) is 25.4. The minimum Gasteiger partial charge on any atom is -0.454 e. The molecule has 1 saturated heterocycles. The fourth-order valence-corrected chi connectivity index (χ4v) is 7.43. The van der Waals surface area contributed by atoms with Crippen molar-refractivity contribution in [3.05, 3.63) is 166 Å². The molecule has 4 aliphatic rings. The standard InChI is InChI=1S/C40H27NO7/c42-32(23-16-20-27(21-17-23)48-40(46)24-8-2-1-3-9-24)22-47-39(45)25-14-18-26(19-15-25)41-37(43)35-33-28-10-4-5-11-29(28)34(36(35)38(41)44)31-13-7-6-12-30(31)33/h1-21,33-36H,22H2. The molecule has 0 spiro atoms. The van der Waals surface area contributed by atoms with Crippen LogP contribution in [0.15, 0.2) is 127 Å². The van der Waals surface area contributed by atoms with E-state index in [9.17, 15) is 24.0 Å². The summed E-state index contributed by atoms with van der Waals surface area (Å²) in [5.74, 6) is -3.32. The van der Waals surface area contributed by atoms with E-state index < -0.39 is 36.2 Å². The highest BCUT2D eigenvalue weighted by atomic mass is 16.5. The SMILES string of the molecule is O=C(COC(=O)c1ccc(N2C(=O)C3C4c5ccccc5C(c5ccccc54)C3C2=O)cc1)c1ccc(OC(=O)c2ccccc2)cc1. The number of ketones is 1. The predicted octanol–water partition coefficient (Wildman–Crippen LogP) is 6.34. The van der Waals surface area contributed by atoms with Gasteiger partial charge in [0.2, 0.25) is 11.8 Å². The maximum absolute atomic E-state index is 14.0. The topological polar surface area (TPSA) is 107 Å². The molecule has 0 radical (unpaired) electrons. The Bertz CT molecular complexity index is 2010. The van der Waals surface area contributed by atoms with Gasteiger partial charge in [0, 0.05) is 17.4 Å². The second kappa shape index (κ2) is 11.6. The van der Waals surface area contributed by atoms with Crippen molar-refractivity contribution in [2.45, 2.75) is 11.8 Å². The Morgan fingerprint density at radius 3 is 1.50 bits per heavy atom. The molecule has 0 aromatic heterocycles. The third-order valence-electron chi connectivity index (χ3n) is 9.54. The van der Waals surface area contributed by atoms with Crippen molar-refractivity contribution < 1.29 is 33.4 Å². The van der Waals surface area contributed by atoms with Crippen LogP contribution in [0.3, 0.4) is 0 Å². The molecular weight excluding hydrogens is 606 g/mol. The molecule has 1 fully saturated rings. The minimum absolute atomic E-state index is 0.172. The van der Waals surface area contributed by atoms with Gasteiger partial charge < -0.3 is 9.47 Å². The molecule has 2 amide bonds. The highest BCUT2D eigenvalue weighted by molar-refractivity contribution is 6.23. The van der Waals surface area contributed by atoms with Crippen molar-refractivity contribution in [3.8, 4) is 5.75 Å². The molecule has 2 unspecified atom stereocenters. The molecule has 0 N–H and O–H groups in total. The van der Waals surface area contributed by atoms with Crippen molar-refractivity contribution in [1.82, 2.24) is 0 Å². The number of carbonyl (C=O) groups is 5. The summed E-state index contributed by atoms with van der Waals surface area (Å²) in [6.07, 6.45) is 0. The number of hydrogen-bond donors (Lipinski definition) is 0. The van der Waals surface area contributed by atoms with Crippen LogP contribution in [0.5, 0.6) is 5.75 Å². The highest BCUT2D eigenvalue weighted by Crippen LogP contribution is 2.61. The Kier molecular flexibility index (Phi) is 7.06. The predicted molar refractivity (Wildman–Crippen MR) is 175 cm³/mol. The third-order valence-corrected chi connectivity index (χ3v) is 9.54. The van der Waals surface area contributed by atoms with E-state index in [0.717, 1.165) is 22.3 Å². The maximum Gasteiger partial charge on any atom is 0.343 e. The molecule has 3 aliphatic carbocycles. The third kappa shape index (κ3) is 4.72. The van der Waals surface area contributed by atoms with Crippen LogP contribution in [0.1, 0.15) is 65.2 Å². The maximum atomic E-state index is 14.0. The zero-order valence-electron chi connectivity index (χ0n) is 25.4. The van der Waals surface area contributed by atoms with Crippen LogP contribution in [0.25, 0.3) is 0 Å². The first-order chi connectivity index (χ1) is 23.4. The van der Waals surface area contributed by atoms with E-state index in [4.69, 9.17) is 9.47 Å². The van der Waals surface area contributed by atoms with Gasteiger partial charge in [-0.25, -0.2) is 14.5 Å². The Labute approximate surface area is 275 Å². The fourth-order valence-electron chi connectivity index (χ4n) is 7.43. The number of anilines is 1. The normalized spacial score (nSPS) is 20.0. The summed E-state index contributed by atoms with van der Waals surface area (Å²) in [5.41, 5.74) is 5.63. The van der Waals surface area contributed by atoms with Gasteiger partial charge in [0.1, 0.15) is 5.75 Å². The lowest BCUT2D eigenvalue weighted by molar-refractivity contribution is -0.122. The highest BCUT2D eigenvalue weighted by Gasteiger charge is 2.61. The number of hydrogen-bond acceptors (Lipinski definition) is 7. The number of imide groups is 1. The number of amides is 2. The van der Waals surface area contributed by atoms with E-state index in [1.165, 1.54) is 41.3 Å². The second-order valence-electron chi connectivity index (χ2n) is 12.1. The van der Waals surface area contributed by atoms with E-state index >= 15 is 0 Å². The summed E-state index contributed by atoms with van der Waals surface area (Å²) in [7, 11) is 0. The van der Waals surface area contributed by atoms with Crippen molar-refractivity contribution in [1.29, 1.82) is 0 Å². The molecule has 9 rings (SSSR count). The summed E-state index contributed by atoms with van der Waals surface area (Å²) >= 11 is 0. The number of Topliss-reactive ketones (excluding diaryl/α,β-unsaturated/α-hetero) is 1. The van der Waals surface area contributed by atoms with Crippen molar-refractivity contribution in [3.63, 3.8) is 0 Å². The zero-order chi connectivity index (χ0) is 32.9. The van der Waals surface area contributed by atoms with E-state index in [-0.39, 0.29) is 40.5 Å². The largest absolute Gasteiger partial charge is 0.454 e. The van der Waals surface area contributed by atoms with E-state index in [2.05, 4.69) is 24.3 Å². The molecule has 1 aliphatic heterocycles. The lowest BCUT2D eigenvalue weighted by Crippen LogP contribution is -2.41. The minimum atomic E-state index is -0.722. The fraction of sp³-hybridized carbons (Fsp3) is 0.125. The van der Waals surface area contributed by atoms with Gasteiger partial charge in [0.05, 0.1) is 28.7 Å². The first-order valence-corrected chi connectivity index (χ1v) is 15.6. The van der Waals surface area contributed by atoms with Gasteiger partial charge in [0.25, 0.3) is 0 Å². The van der Waals surface area contributed by atoms with Crippen LogP contribution in [0, 0.1) is 11.8 Å². The number of ether oxygens (including phenoxy) is 2. The first kappa shape index (κ1) is 29.3. The van der Waals surface area contributed by atoms with Gasteiger partial charge in [-0.05, 0) is 82.9 Å². The van der Waals surface area contributed by atoms with Gasteiger partial charge in [-0.2, -0.15) is 0 Å². The Balaban J connectivity index is 0.934. The van der Waals surface area contributed by atoms with E-state index in [1.807, 2.05) is 24.3 Å². The van der Waals surface area contributed by atoms with Crippen LogP contribution in [0.4, 0.5) is 5.69 Å². The number of benzene rings is 5. The number of nitrogens with zero attached hydrogens (tertiary/aromatic N) is 1. The average Bonchev–Trinajstić information content (AvgIpc) is 3.40. The Morgan fingerprint density at radius 2 is 0.979 bits per heavy atom. The van der Waals surface area contributed by atoms with Crippen LogP contribution in [0.2, 0.25) is 0 Å². The molecule has 2 bridgehead atoms. The van der Waals surface area contributed by atoms with E-state index in [0.29, 0.717) is 11.3 Å². The second-order valence-corrected chi connectivity index (χ2v) is 12.1. The molecule has 8 heteroatoms. The van der Waals surface area contributed by atoms with Crippen LogP contribution in [-0.4, -0.2) is 36.1 Å². The lowest BCUT2D eigenvalue weighted by atomic mass is 9.55. The van der Waals surface area contributed by atoms with Gasteiger partial charge in [0.15, 0.2) is 12.4 Å². The monoisotopic (exact) mass is 633 g/mol. The summed E-state index contributed by atoms with van der Waals surface area (Å²) < 4.78 is 10.6. The van der Waals surface area contributed by atoms with Crippen LogP contribution >= 0.6 is 0 Å². The summed E-state index contributed by atoms with van der Waals surface area (Å²) in [5, 5.41) is 0. The van der Waals surface area contributed by atoms with Gasteiger partial charge >= 0.3 is 11.9 Å². The van der Waals surface area contributed by atoms with E-state index in [1.54, 1.807) is 42.5 Å². The van der Waals surface area contributed by atoms with Gasteiger partial charge in [-0.15, -0.1) is 0 Å². The smallest absolute Gasteiger partial charge is 0.343 e. The van der Waals surface area contributed by atoms with Gasteiger partial charge in [-0.1, -0.05) is 66.7 Å². The molecule has 0 saturated carbocycles. The average molecular weight is 634 g/mol. The molecule has 48 heavy (non-hydrogen) atoms. The first-order valence-electron chi connectivity index (χ1n) is 15.6. The molecule has 1 heterocycles. The number of rotatable bonds is 7. The van der Waals surface area contributed by atoms with Crippen LogP contribution < -0.4 is 9.64 Å². The molecule has 234 valence electrons. The Hall–Kier alpha value is -6.15. The van der Waals surface area contributed by atoms with Crippen LogP contribution in [-0.2, 0) is 14.3 Å². The van der Waals surface area contributed by atoms with Crippen molar-refractivity contribution in [2.24, 2.45) is 11.8 Å². The summed E-state index contributed by atoms with van der Waals surface area (Å²) in [6, 6.07) is 36.7.